The predicted octanol–water partition coefficient (Wildman–Crippen LogP) is 4.23. The minimum Gasteiger partial charge on any atom is -0.354 e. The monoisotopic (exact) mass is 375 g/mol. The number of allylic oxidation sites excluding steroid dienone is 2. The van der Waals surface area contributed by atoms with Crippen molar-refractivity contribution in [1.82, 2.24) is 20.7 Å². The third-order valence-corrected chi connectivity index (χ3v) is 6.18. The van der Waals surface area contributed by atoms with Gasteiger partial charge >= 0.3 is 0 Å². The number of H-pyrrole nitrogens is 1. The van der Waals surface area contributed by atoms with Crippen LogP contribution in [0.2, 0.25) is 0 Å². The van der Waals surface area contributed by atoms with Crippen molar-refractivity contribution >= 4 is 22.3 Å². The molecule has 1 aromatic carbocycles. The number of hydrogen-bond donors (Lipinski definition) is 3. The molecule has 5 rings (SSSR count). The molecule has 0 saturated carbocycles. The molecule has 0 amide bonds. The highest BCUT2D eigenvalue weighted by atomic mass is 15.6. The molecular weight excluding hydrogens is 346 g/mol. The van der Waals surface area contributed by atoms with E-state index in [1.165, 1.54) is 46.1 Å². The summed E-state index contributed by atoms with van der Waals surface area (Å²) in [5, 5.41) is 6.90. The number of aromatic amines is 1. The van der Waals surface area contributed by atoms with Gasteiger partial charge in [-0.25, -0.2) is 4.99 Å². The highest BCUT2D eigenvalue weighted by Crippen LogP contribution is 2.37. The van der Waals surface area contributed by atoms with E-state index in [1.807, 2.05) is 11.9 Å². The Hall–Kier alpha value is -2.53. The van der Waals surface area contributed by atoms with Crippen molar-refractivity contribution in [1.29, 1.82) is 0 Å². The fraction of sp³-hybridized carbons (Fsp3) is 0.435. The van der Waals surface area contributed by atoms with Crippen LogP contribution in [0, 0.1) is 0 Å². The second-order valence-electron chi connectivity index (χ2n) is 8.48. The van der Waals surface area contributed by atoms with Crippen LogP contribution in [0.5, 0.6) is 0 Å². The van der Waals surface area contributed by atoms with Gasteiger partial charge in [0.15, 0.2) is 6.17 Å². The number of aromatic nitrogens is 1. The van der Waals surface area contributed by atoms with Crippen LogP contribution in [-0.2, 0) is 0 Å². The van der Waals surface area contributed by atoms with E-state index in [9.17, 15) is 0 Å². The molecular formula is C23H29N5. The third kappa shape index (κ3) is 2.94. The normalized spacial score (nSPS) is 22.4. The van der Waals surface area contributed by atoms with E-state index in [0.29, 0.717) is 11.8 Å². The molecule has 3 aliphatic rings. The number of benzene rings is 1. The second-order valence-corrected chi connectivity index (χ2v) is 8.48. The molecule has 0 aliphatic carbocycles. The zero-order valence-corrected chi connectivity index (χ0v) is 16.9. The number of piperidine rings is 1. The van der Waals surface area contributed by atoms with Crippen molar-refractivity contribution in [3.63, 3.8) is 0 Å². The minimum absolute atomic E-state index is 0.0386. The Morgan fingerprint density at radius 2 is 2.00 bits per heavy atom. The standard InChI is InChI=1S/C23H29N5/c1-14(2)22-19-12-17(16-6-9-24-10-7-16)4-5-20(19)26-23(22)18-8-11-28-21(13-18)25-15(3)27-28/h4-5,8,11-14,16,21,24,26H,6-7,9-10H2,1-3H3,(H,25,27). The minimum atomic E-state index is 0.0386. The zero-order chi connectivity index (χ0) is 19.3. The Bertz CT molecular complexity index is 988. The summed E-state index contributed by atoms with van der Waals surface area (Å²) >= 11 is 0. The maximum absolute atomic E-state index is 4.67. The number of nitrogens with one attached hydrogen (secondary N) is 3. The van der Waals surface area contributed by atoms with Crippen molar-refractivity contribution in [3.05, 3.63) is 53.4 Å². The first-order chi connectivity index (χ1) is 13.6. The first-order valence-electron chi connectivity index (χ1n) is 10.5. The van der Waals surface area contributed by atoms with Crippen LogP contribution >= 0.6 is 0 Å². The molecule has 1 unspecified atom stereocenters. The maximum atomic E-state index is 4.67. The van der Waals surface area contributed by atoms with Crippen LogP contribution in [0.3, 0.4) is 0 Å². The van der Waals surface area contributed by atoms with Crippen molar-refractivity contribution < 1.29 is 0 Å². The van der Waals surface area contributed by atoms with Gasteiger partial charge in [0, 0.05) is 22.8 Å². The van der Waals surface area contributed by atoms with Gasteiger partial charge in [-0.2, -0.15) is 0 Å². The number of hydrogen-bond acceptors (Lipinski definition) is 4. The number of aliphatic imine (C=N–C) groups is 1. The average molecular weight is 376 g/mol. The molecule has 2 aromatic rings. The fourth-order valence-electron chi connectivity index (χ4n) is 4.80. The molecule has 5 nitrogen and oxygen atoms in total. The fourth-order valence-corrected chi connectivity index (χ4v) is 4.80. The summed E-state index contributed by atoms with van der Waals surface area (Å²) in [7, 11) is 0. The lowest BCUT2D eigenvalue weighted by Crippen LogP contribution is -2.36. The highest BCUT2D eigenvalue weighted by molar-refractivity contribution is 5.92. The van der Waals surface area contributed by atoms with Crippen molar-refractivity contribution in [2.75, 3.05) is 13.1 Å². The van der Waals surface area contributed by atoms with Crippen LogP contribution < -0.4 is 10.7 Å². The lowest BCUT2D eigenvalue weighted by Gasteiger charge is -2.24. The maximum Gasteiger partial charge on any atom is 0.160 e. The molecule has 0 bridgehead atoms. The topological polar surface area (TPSA) is 55.5 Å². The van der Waals surface area contributed by atoms with E-state index in [2.05, 4.69) is 71.1 Å². The molecule has 5 heteroatoms. The molecule has 28 heavy (non-hydrogen) atoms. The van der Waals surface area contributed by atoms with E-state index in [1.54, 1.807) is 0 Å². The quantitative estimate of drug-likeness (QED) is 0.752. The third-order valence-electron chi connectivity index (χ3n) is 6.18. The second kappa shape index (κ2) is 6.82. The summed E-state index contributed by atoms with van der Waals surface area (Å²) in [6.45, 7) is 8.85. The van der Waals surface area contributed by atoms with E-state index in [4.69, 9.17) is 0 Å². The molecule has 1 aromatic heterocycles. The van der Waals surface area contributed by atoms with Gasteiger partial charge in [0.1, 0.15) is 5.84 Å². The summed E-state index contributed by atoms with van der Waals surface area (Å²) in [4.78, 5) is 8.39. The van der Waals surface area contributed by atoms with Crippen molar-refractivity contribution in [3.8, 4) is 0 Å². The smallest absolute Gasteiger partial charge is 0.160 e. The Labute approximate surface area is 166 Å². The number of hydrazine groups is 1. The summed E-state index contributed by atoms with van der Waals surface area (Å²) in [6.07, 6.45) is 9.02. The Kier molecular flexibility index (Phi) is 4.27. The number of fused-ring (bicyclic) bond motifs is 2. The predicted molar refractivity (Wildman–Crippen MR) is 116 cm³/mol. The lowest BCUT2D eigenvalue weighted by atomic mass is 9.88. The first kappa shape index (κ1) is 17.6. The van der Waals surface area contributed by atoms with Gasteiger partial charge < -0.3 is 10.3 Å². The Balaban J connectivity index is 1.58. The molecule has 1 atom stereocenters. The molecule has 3 N–H and O–H groups in total. The van der Waals surface area contributed by atoms with Gasteiger partial charge in [0.05, 0.1) is 0 Å². The summed E-state index contributed by atoms with van der Waals surface area (Å²) in [5.74, 6) is 2.08. The Morgan fingerprint density at radius 3 is 2.79 bits per heavy atom. The largest absolute Gasteiger partial charge is 0.354 e. The van der Waals surface area contributed by atoms with Gasteiger partial charge in [-0.1, -0.05) is 19.9 Å². The van der Waals surface area contributed by atoms with Gasteiger partial charge in [0.25, 0.3) is 0 Å². The van der Waals surface area contributed by atoms with Gasteiger partial charge in [-0.05, 0) is 85.7 Å². The molecule has 1 fully saturated rings. The van der Waals surface area contributed by atoms with Crippen molar-refractivity contribution in [2.24, 2.45) is 4.99 Å². The molecule has 3 aliphatic heterocycles. The van der Waals surface area contributed by atoms with Crippen LogP contribution in [0.25, 0.3) is 16.5 Å². The van der Waals surface area contributed by atoms with E-state index < -0.39 is 0 Å². The zero-order valence-electron chi connectivity index (χ0n) is 16.9. The van der Waals surface area contributed by atoms with E-state index in [0.717, 1.165) is 18.9 Å². The summed E-state index contributed by atoms with van der Waals surface area (Å²) in [5.41, 5.74) is 9.88. The molecule has 0 radical (unpaired) electrons. The molecule has 1 saturated heterocycles. The van der Waals surface area contributed by atoms with Crippen molar-refractivity contribution in [2.45, 2.75) is 51.6 Å². The summed E-state index contributed by atoms with van der Waals surface area (Å²) in [6, 6.07) is 7.05. The van der Waals surface area contributed by atoms with Crippen LogP contribution in [0.15, 0.2) is 41.5 Å². The lowest BCUT2D eigenvalue weighted by molar-refractivity contribution is 0.315. The molecule has 146 valence electrons. The van der Waals surface area contributed by atoms with Gasteiger partial charge in [-0.15, -0.1) is 0 Å². The van der Waals surface area contributed by atoms with E-state index in [-0.39, 0.29) is 6.17 Å². The highest BCUT2D eigenvalue weighted by Gasteiger charge is 2.26. The van der Waals surface area contributed by atoms with Crippen LogP contribution in [-0.4, -0.2) is 35.1 Å². The van der Waals surface area contributed by atoms with Gasteiger partial charge in [0.2, 0.25) is 0 Å². The average Bonchev–Trinajstić information content (AvgIpc) is 3.26. The number of rotatable bonds is 3. The van der Waals surface area contributed by atoms with E-state index >= 15 is 0 Å². The first-order valence-corrected chi connectivity index (χ1v) is 10.5. The number of amidine groups is 1. The van der Waals surface area contributed by atoms with Crippen LogP contribution in [0.1, 0.15) is 62.3 Å². The summed E-state index contributed by atoms with van der Waals surface area (Å²) < 4.78 is 0. The number of nitrogens with zero attached hydrogens (tertiary/aromatic N) is 2. The van der Waals surface area contributed by atoms with Gasteiger partial charge in [-0.3, -0.25) is 10.4 Å². The Morgan fingerprint density at radius 1 is 1.18 bits per heavy atom. The molecule has 4 heterocycles. The molecule has 0 spiro atoms. The van der Waals surface area contributed by atoms with Crippen LogP contribution in [0.4, 0.5) is 0 Å². The SMILES string of the molecule is CC1=NC2C=C(c3[nH]c4ccc(C5CCNCC5)cc4c3C(C)C)C=CN2N1.